The lowest BCUT2D eigenvalue weighted by atomic mass is 9.77. The molecule has 0 radical (unpaired) electrons. The van der Waals surface area contributed by atoms with E-state index in [2.05, 4.69) is 18.7 Å². The summed E-state index contributed by atoms with van der Waals surface area (Å²) in [5.41, 5.74) is 0. The second kappa shape index (κ2) is 4.24. The highest BCUT2D eigenvalue weighted by Gasteiger charge is 2.34. The summed E-state index contributed by atoms with van der Waals surface area (Å²) in [4.78, 5) is 2.21. The van der Waals surface area contributed by atoms with Crippen LogP contribution in [0.25, 0.3) is 0 Å². The molecule has 0 aromatic rings. The minimum Gasteiger partial charge on any atom is -0.379 e. The average Bonchev–Trinajstić information content (AvgIpc) is 1.97. The first-order chi connectivity index (χ1) is 5.70. The maximum Gasteiger partial charge on any atom is 0.104 e. The fourth-order valence-corrected chi connectivity index (χ4v) is 2.24. The second-order valence-corrected chi connectivity index (χ2v) is 3.78. The first kappa shape index (κ1) is 10.0. The van der Waals surface area contributed by atoms with Gasteiger partial charge in [0.25, 0.3) is 0 Å². The molecule has 72 valence electrons. The standard InChI is InChI=1S/C10H21NO/c1-4-9-6-7-10(9)11(5-2)8(3)12/h8-10,12H,4-7H2,1-3H3. The smallest absolute Gasteiger partial charge is 0.104 e. The van der Waals surface area contributed by atoms with Crippen molar-refractivity contribution in [3.05, 3.63) is 0 Å². The summed E-state index contributed by atoms with van der Waals surface area (Å²) >= 11 is 0. The van der Waals surface area contributed by atoms with Crippen LogP contribution in [-0.4, -0.2) is 28.8 Å². The Morgan fingerprint density at radius 2 is 2.08 bits per heavy atom. The van der Waals surface area contributed by atoms with E-state index in [1.807, 2.05) is 6.92 Å². The lowest BCUT2D eigenvalue weighted by Gasteiger charge is -2.45. The molecule has 0 saturated heterocycles. The Morgan fingerprint density at radius 3 is 2.33 bits per heavy atom. The molecule has 1 aliphatic carbocycles. The van der Waals surface area contributed by atoms with E-state index >= 15 is 0 Å². The van der Waals surface area contributed by atoms with E-state index < -0.39 is 0 Å². The van der Waals surface area contributed by atoms with Crippen LogP contribution in [0.15, 0.2) is 0 Å². The number of aliphatic hydroxyl groups excluding tert-OH is 1. The Hall–Kier alpha value is -0.0800. The second-order valence-electron chi connectivity index (χ2n) is 3.78. The molecule has 3 atom stereocenters. The van der Waals surface area contributed by atoms with Crippen molar-refractivity contribution in [2.45, 2.75) is 52.3 Å². The quantitative estimate of drug-likeness (QED) is 0.652. The molecule has 0 spiro atoms. The fraction of sp³-hybridized carbons (Fsp3) is 1.00. The van der Waals surface area contributed by atoms with Crippen molar-refractivity contribution in [1.29, 1.82) is 0 Å². The minimum atomic E-state index is -0.269. The molecule has 0 heterocycles. The number of hydrogen-bond acceptors (Lipinski definition) is 2. The molecular weight excluding hydrogens is 150 g/mol. The third-order valence-electron chi connectivity index (χ3n) is 3.17. The van der Waals surface area contributed by atoms with E-state index in [0.717, 1.165) is 12.5 Å². The maximum atomic E-state index is 9.49. The van der Waals surface area contributed by atoms with Gasteiger partial charge < -0.3 is 5.11 Å². The molecule has 2 nitrogen and oxygen atoms in total. The molecule has 0 bridgehead atoms. The Morgan fingerprint density at radius 1 is 1.42 bits per heavy atom. The summed E-state index contributed by atoms with van der Waals surface area (Å²) in [5, 5.41) is 9.49. The predicted molar refractivity (Wildman–Crippen MR) is 50.9 cm³/mol. The van der Waals surface area contributed by atoms with Crippen molar-refractivity contribution in [1.82, 2.24) is 4.90 Å². The zero-order valence-corrected chi connectivity index (χ0v) is 8.45. The molecule has 0 aromatic carbocycles. The largest absolute Gasteiger partial charge is 0.379 e. The Labute approximate surface area is 75.6 Å². The Balaban J connectivity index is 2.43. The Bertz CT molecular complexity index is 134. The normalized spacial score (nSPS) is 31.8. The van der Waals surface area contributed by atoms with Gasteiger partial charge in [-0.3, -0.25) is 4.90 Å². The fourth-order valence-electron chi connectivity index (χ4n) is 2.24. The molecule has 12 heavy (non-hydrogen) atoms. The molecule has 0 aliphatic heterocycles. The van der Waals surface area contributed by atoms with Crippen LogP contribution in [-0.2, 0) is 0 Å². The van der Waals surface area contributed by atoms with Crippen molar-refractivity contribution in [2.75, 3.05) is 6.54 Å². The molecule has 2 heteroatoms. The van der Waals surface area contributed by atoms with Gasteiger partial charge in [0.2, 0.25) is 0 Å². The average molecular weight is 171 g/mol. The number of aliphatic hydroxyl groups is 1. The molecule has 0 amide bonds. The minimum absolute atomic E-state index is 0.269. The highest BCUT2D eigenvalue weighted by Crippen LogP contribution is 2.34. The van der Waals surface area contributed by atoms with Crippen LogP contribution in [0.1, 0.15) is 40.0 Å². The summed E-state index contributed by atoms with van der Waals surface area (Å²) in [6.07, 6.45) is 3.62. The highest BCUT2D eigenvalue weighted by molar-refractivity contribution is 4.87. The van der Waals surface area contributed by atoms with Gasteiger partial charge in [0.05, 0.1) is 0 Å². The monoisotopic (exact) mass is 171 g/mol. The molecule has 1 rings (SSSR count). The zero-order chi connectivity index (χ0) is 9.14. The van der Waals surface area contributed by atoms with Crippen LogP contribution in [0.5, 0.6) is 0 Å². The lowest BCUT2D eigenvalue weighted by Crippen LogP contribution is -2.50. The number of nitrogens with zero attached hydrogens (tertiary/aromatic N) is 1. The van der Waals surface area contributed by atoms with Crippen LogP contribution >= 0.6 is 0 Å². The van der Waals surface area contributed by atoms with Gasteiger partial charge >= 0.3 is 0 Å². The molecular formula is C10H21NO. The summed E-state index contributed by atoms with van der Waals surface area (Å²) in [6.45, 7) is 7.21. The molecule has 1 N–H and O–H groups in total. The van der Waals surface area contributed by atoms with Crippen molar-refractivity contribution < 1.29 is 5.11 Å². The van der Waals surface area contributed by atoms with Crippen molar-refractivity contribution in [3.8, 4) is 0 Å². The van der Waals surface area contributed by atoms with E-state index in [1.54, 1.807) is 0 Å². The SMILES string of the molecule is CCC1CCC1N(CC)C(C)O. The summed E-state index contributed by atoms with van der Waals surface area (Å²) in [5.74, 6) is 0.833. The zero-order valence-electron chi connectivity index (χ0n) is 8.45. The first-order valence-corrected chi connectivity index (χ1v) is 5.14. The van der Waals surface area contributed by atoms with Gasteiger partial charge in [-0.1, -0.05) is 20.3 Å². The summed E-state index contributed by atoms with van der Waals surface area (Å²) in [7, 11) is 0. The molecule has 0 aromatic heterocycles. The van der Waals surface area contributed by atoms with Crippen molar-refractivity contribution in [3.63, 3.8) is 0 Å². The van der Waals surface area contributed by atoms with Crippen LogP contribution in [0.2, 0.25) is 0 Å². The van der Waals surface area contributed by atoms with Crippen molar-refractivity contribution in [2.24, 2.45) is 5.92 Å². The van der Waals surface area contributed by atoms with E-state index in [4.69, 9.17) is 0 Å². The van der Waals surface area contributed by atoms with Crippen LogP contribution in [0.3, 0.4) is 0 Å². The Kier molecular flexibility index (Phi) is 3.53. The first-order valence-electron chi connectivity index (χ1n) is 5.14. The van der Waals surface area contributed by atoms with Crippen molar-refractivity contribution >= 4 is 0 Å². The highest BCUT2D eigenvalue weighted by atomic mass is 16.3. The van der Waals surface area contributed by atoms with E-state index in [9.17, 15) is 5.11 Å². The third-order valence-corrected chi connectivity index (χ3v) is 3.17. The van der Waals surface area contributed by atoms with Gasteiger partial charge in [-0.15, -0.1) is 0 Å². The molecule has 1 fully saturated rings. The third kappa shape index (κ3) is 1.80. The van der Waals surface area contributed by atoms with Gasteiger partial charge in [-0.25, -0.2) is 0 Å². The maximum absolute atomic E-state index is 9.49. The molecule has 1 saturated carbocycles. The van der Waals surface area contributed by atoms with E-state index in [1.165, 1.54) is 19.3 Å². The number of rotatable bonds is 4. The van der Waals surface area contributed by atoms with Gasteiger partial charge in [-0.05, 0) is 32.2 Å². The lowest BCUT2D eigenvalue weighted by molar-refractivity contribution is -0.0569. The van der Waals surface area contributed by atoms with E-state index in [-0.39, 0.29) is 6.23 Å². The van der Waals surface area contributed by atoms with Gasteiger partial charge in [0.1, 0.15) is 6.23 Å². The predicted octanol–water partition coefficient (Wildman–Crippen LogP) is 1.84. The number of hydrogen-bond donors (Lipinski definition) is 1. The van der Waals surface area contributed by atoms with Crippen LogP contribution in [0.4, 0.5) is 0 Å². The van der Waals surface area contributed by atoms with E-state index in [0.29, 0.717) is 6.04 Å². The molecule has 3 unspecified atom stereocenters. The van der Waals surface area contributed by atoms with Gasteiger partial charge in [0, 0.05) is 6.04 Å². The molecule has 1 aliphatic rings. The van der Waals surface area contributed by atoms with Crippen LogP contribution < -0.4 is 0 Å². The van der Waals surface area contributed by atoms with Gasteiger partial charge in [-0.2, -0.15) is 0 Å². The van der Waals surface area contributed by atoms with Crippen LogP contribution in [0, 0.1) is 5.92 Å². The summed E-state index contributed by atoms with van der Waals surface area (Å²) < 4.78 is 0. The topological polar surface area (TPSA) is 23.5 Å². The van der Waals surface area contributed by atoms with Gasteiger partial charge in [0.15, 0.2) is 0 Å². The summed E-state index contributed by atoms with van der Waals surface area (Å²) in [6, 6.07) is 0.653.